The Morgan fingerprint density at radius 2 is 2.30 bits per heavy atom. The molecule has 0 spiro atoms. The fraction of sp³-hybridized carbons (Fsp3) is 0.533. The standard InChI is InChI=1S/C15H22IN3O/c1-2-9-19(12-7-8-17-10-12)11-15(20)18-14-6-4-3-5-13(14)16/h3-6,12,17H,2,7-11H2,1H3,(H,18,20). The molecule has 2 rings (SSSR count). The number of carbonyl (C=O) groups is 1. The van der Waals surface area contributed by atoms with Crippen molar-refractivity contribution in [3.8, 4) is 0 Å². The highest BCUT2D eigenvalue weighted by Crippen LogP contribution is 2.17. The third-order valence-electron chi connectivity index (χ3n) is 3.56. The maximum Gasteiger partial charge on any atom is 0.238 e. The van der Waals surface area contributed by atoms with Gasteiger partial charge in [-0.1, -0.05) is 19.1 Å². The third-order valence-corrected chi connectivity index (χ3v) is 4.50. The first-order valence-electron chi connectivity index (χ1n) is 7.20. The van der Waals surface area contributed by atoms with E-state index in [9.17, 15) is 4.79 Å². The van der Waals surface area contributed by atoms with Crippen molar-refractivity contribution in [2.45, 2.75) is 25.8 Å². The zero-order chi connectivity index (χ0) is 14.4. The lowest BCUT2D eigenvalue weighted by molar-refractivity contribution is -0.117. The van der Waals surface area contributed by atoms with Crippen LogP contribution >= 0.6 is 22.6 Å². The lowest BCUT2D eigenvalue weighted by atomic mass is 10.2. The highest BCUT2D eigenvalue weighted by molar-refractivity contribution is 14.1. The highest BCUT2D eigenvalue weighted by atomic mass is 127. The van der Waals surface area contributed by atoms with Gasteiger partial charge in [-0.3, -0.25) is 9.69 Å². The van der Waals surface area contributed by atoms with Crippen LogP contribution in [0.15, 0.2) is 24.3 Å². The molecule has 1 unspecified atom stereocenters. The van der Waals surface area contributed by atoms with E-state index < -0.39 is 0 Å². The van der Waals surface area contributed by atoms with Gasteiger partial charge in [-0.15, -0.1) is 0 Å². The summed E-state index contributed by atoms with van der Waals surface area (Å²) < 4.78 is 1.07. The van der Waals surface area contributed by atoms with Gasteiger partial charge in [-0.2, -0.15) is 0 Å². The van der Waals surface area contributed by atoms with Gasteiger partial charge in [0.2, 0.25) is 5.91 Å². The number of hydrogen-bond donors (Lipinski definition) is 2. The van der Waals surface area contributed by atoms with Crippen molar-refractivity contribution < 1.29 is 4.79 Å². The Kier molecular flexibility index (Phi) is 6.25. The summed E-state index contributed by atoms with van der Waals surface area (Å²) >= 11 is 2.24. The number of amides is 1. The van der Waals surface area contributed by atoms with E-state index in [-0.39, 0.29) is 5.91 Å². The molecule has 1 aromatic carbocycles. The summed E-state index contributed by atoms with van der Waals surface area (Å²) in [5.74, 6) is 0.0782. The molecule has 20 heavy (non-hydrogen) atoms. The summed E-state index contributed by atoms with van der Waals surface area (Å²) in [4.78, 5) is 14.5. The van der Waals surface area contributed by atoms with E-state index in [1.165, 1.54) is 0 Å². The Bertz CT molecular complexity index is 446. The largest absolute Gasteiger partial charge is 0.324 e. The zero-order valence-electron chi connectivity index (χ0n) is 11.9. The van der Waals surface area contributed by atoms with Crippen LogP contribution in [0.2, 0.25) is 0 Å². The molecular formula is C15H22IN3O. The van der Waals surface area contributed by atoms with E-state index in [2.05, 4.69) is 45.0 Å². The predicted molar refractivity (Wildman–Crippen MR) is 90.9 cm³/mol. The molecule has 4 nitrogen and oxygen atoms in total. The molecular weight excluding hydrogens is 365 g/mol. The predicted octanol–water partition coefficient (Wildman–Crippen LogP) is 2.30. The third kappa shape index (κ3) is 4.43. The number of nitrogens with zero attached hydrogens (tertiary/aromatic N) is 1. The lowest BCUT2D eigenvalue weighted by Gasteiger charge is -2.27. The van der Waals surface area contributed by atoms with Crippen molar-refractivity contribution in [2.75, 3.05) is 31.5 Å². The highest BCUT2D eigenvalue weighted by Gasteiger charge is 2.23. The molecule has 110 valence electrons. The normalized spacial score (nSPS) is 18.4. The second-order valence-corrected chi connectivity index (χ2v) is 6.31. The number of rotatable bonds is 6. The van der Waals surface area contributed by atoms with Crippen LogP contribution in [-0.2, 0) is 4.79 Å². The fourth-order valence-corrected chi connectivity index (χ4v) is 3.09. The van der Waals surface area contributed by atoms with Crippen LogP contribution in [0.5, 0.6) is 0 Å². The number of nitrogens with one attached hydrogen (secondary N) is 2. The van der Waals surface area contributed by atoms with E-state index in [1.54, 1.807) is 0 Å². The topological polar surface area (TPSA) is 44.4 Å². The van der Waals surface area contributed by atoms with Crippen LogP contribution in [-0.4, -0.2) is 43.0 Å². The minimum Gasteiger partial charge on any atom is -0.324 e. The first kappa shape index (κ1) is 15.7. The van der Waals surface area contributed by atoms with Crippen molar-refractivity contribution in [1.82, 2.24) is 10.2 Å². The van der Waals surface area contributed by atoms with Gasteiger partial charge in [0.15, 0.2) is 0 Å². The smallest absolute Gasteiger partial charge is 0.238 e. The molecule has 1 amide bonds. The number of hydrogen-bond acceptors (Lipinski definition) is 3. The maximum absolute atomic E-state index is 12.2. The molecule has 0 aromatic heterocycles. The van der Waals surface area contributed by atoms with Gasteiger partial charge in [0.1, 0.15) is 0 Å². The number of anilines is 1. The van der Waals surface area contributed by atoms with E-state index >= 15 is 0 Å². The summed E-state index contributed by atoms with van der Waals surface area (Å²) in [6.45, 7) is 5.67. The first-order valence-corrected chi connectivity index (χ1v) is 8.27. The molecule has 1 fully saturated rings. The van der Waals surface area contributed by atoms with Gasteiger partial charge in [0, 0.05) is 16.2 Å². The van der Waals surface area contributed by atoms with Crippen molar-refractivity contribution in [3.63, 3.8) is 0 Å². The molecule has 1 aliphatic heterocycles. The molecule has 2 N–H and O–H groups in total. The van der Waals surface area contributed by atoms with E-state index in [1.807, 2.05) is 24.3 Å². The number of halogens is 1. The molecule has 1 aliphatic rings. The van der Waals surface area contributed by atoms with Crippen LogP contribution in [0.4, 0.5) is 5.69 Å². The molecule has 1 heterocycles. The molecule has 0 saturated carbocycles. The van der Waals surface area contributed by atoms with Crippen molar-refractivity contribution >= 4 is 34.2 Å². The second-order valence-electron chi connectivity index (χ2n) is 5.15. The average Bonchev–Trinajstić information content (AvgIpc) is 2.95. The Morgan fingerprint density at radius 1 is 1.50 bits per heavy atom. The van der Waals surface area contributed by atoms with Gasteiger partial charge in [-0.25, -0.2) is 0 Å². The first-order chi connectivity index (χ1) is 9.70. The molecule has 0 radical (unpaired) electrons. The van der Waals surface area contributed by atoms with E-state index in [0.717, 1.165) is 41.7 Å². The molecule has 0 aliphatic carbocycles. The average molecular weight is 387 g/mol. The van der Waals surface area contributed by atoms with E-state index in [4.69, 9.17) is 0 Å². The van der Waals surface area contributed by atoms with Crippen LogP contribution < -0.4 is 10.6 Å². The maximum atomic E-state index is 12.2. The minimum atomic E-state index is 0.0782. The van der Waals surface area contributed by atoms with Gasteiger partial charge in [0.25, 0.3) is 0 Å². The molecule has 5 heteroatoms. The lowest BCUT2D eigenvalue weighted by Crippen LogP contribution is -2.42. The van der Waals surface area contributed by atoms with Crippen molar-refractivity contribution in [2.24, 2.45) is 0 Å². The Morgan fingerprint density at radius 3 is 2.95 bits per heavy atom. The van der Waals surface area contributed by atoms with Gasteiger partial charge in [-0.05, 0) is 60.7 Å². The Balaban J connectivity index is 1.92. The quantitative estimate of drug-likeness (QED) is 0.737. The SMILES string of the molecule is CCCN(CC(=O)Nc1ccccc1I)C1CCNC1. The summed E-state index contributed by atoms with van der Waals surface area (Å²) in [5, 5.41) is 6.38. The van der Waals surface area contributed by atoms with Crippen LogP contribution in [0.3, 0.4) is 0 Å². The fourth-order valence-electron chi connectivity index (χ4n) is 2.57. The Labute approximate surface area is 134 Å². The number of benzene rings is 1. The molecule has 1 atom stereocenters. The van der Waals surface area contributed by atoms with Crippen molar-refractivity contribution in [1.29, 1.82) is 0 Å². The Hall–Kier alpha value is -0.660. The number of para-hydroxylation sites is 1. The van der Waals surface area contributed by atoms with E-state index in [0.29, 0.717) is 12.6 Å². The second kappa shape index (κ2) is 7.95. The summed E-state index contributed by atoms with van der Waals surface area (Å²) in [7, 11) is 0. The van der Waals surface area contributed by atoms with Crippen LogP contribution in [0.1, 0.15) is 19.8 Å². The summed E-state index contributed by atoms with van der Waals surface area (Å²) in [6.07, 6.45) is 2.21. The van der Waals surface area contributed by atoms with Gasteiger partial charge in [0.05, 0.1) is 12.2 Å². The summed E-state index contributed by atoms with van der Waals surface area (Å²) in [5.41, 5.74) is 0.902. The van der Waals surface area contributed by atoms with Crippen LogP contribution in [0.25, 0.3) is 0 Å². The monoisotopic (exact) mass is 387 g/mol. The molecule has 1 saturated heterocycles. The number of carbonyl (C=O) groups excluding carboxylic acids is 1. The minimum absolute atomic E-state index is 0.0782. The van der Waals surface area contributed by atoms with Gasteiger partial charge >= 0.3 is 0 Å². The molecule has 1 aromatic rings. The zero-order valence-corrected chi connectivity index (χ0v) is 14.0. The molecule has 0 bridgehead atoms. The van der Waals surface area contributed by atoms with Gasteiger partial charge < -0.3 is 10.6 Å². The van der Waals surface area contributed by atoms with Crippen LogP contribution in [0, 0.1) is 3.57 Å². The summed E-state index contributed by atoms with van der Waals surface area (Å²) in [6, 6.07) is 8.37. The van der Waals surface area contributed by atoms with Crippen molar-refractivity contribution in [3.05, 3.63) is 27.8 Å².